The number of hydrogen-bond donors (Lipinski definition) is 1. The zero-order valence-corrected chi connectivity index (χ0v) is 10.3. The predicted octanol–water partition coefficient (Wildman–Crippen LogP) is 0.620. The number of rotatable bonds is 3. The van der Waals surface area contributed by atoms with Gasteiger partial charge in [0.25, 0.3) is 0 Å². The molecule has 1 N–H and O–H groups in total. The SMILES string of the molecule is CN(C)CCC1CN(C)CC(C)(C)N1. The Morgan fingerprint density at radius 3 is 2.57 bits per heavy atom. The van der Waals surface area contributed by atoms with Crippen molar-refractivity contribution in [1.29, 1.82) is 0 Å². The van der Waals surface area contributed by atoms with Gasteiger partial charge in [-0.1, -0.05) is 0 Å². The van der Waals surface area contributed by atoms with Gasteiger partial charge in [0.05, 0.1) is 0 Å². The van der Waals surface area contributed by atoms with Gasteiger partial charge in [-0.3, -0.25) is 0 Å². The zero-order chi connectivity index (χ0) is 10.8. The van der Waals surface area contributed by atoms with E-state index in [9.17, 15) is 0 Å². The van der Waals surface area contributed by atoms with Crippen LogP contribution in [0.15, 0.2) is 0 Å². The van der Waals surface area contributed by atoms with Crippen LogP contribution in [-0.4, -0.2) is 62.2 Å². The quantitative estimate of drug-likeness (QED) is 0.719. The summed E-state index contributed by atoms with van der Waals surface area (Å²) < 4.78 is 0. The van der Waals surface area contributed by atoms with Crippen molar-refractivity contribution < 1.29 is 0 Å². The molecule has 0 radical (unpaired) electrons. The van der Waals surface area contributed by atoms with E-state index in [1.807, 2.05) is 0 Å². The van der Waals surface area contributed by atoms with Gasteiger partial charge >= 0.3 is 0 Å². The molecule has 0 aromatic heterocycles. The van der Waals surface area contributed by atoms with Gasteiger partial charge in [-0.05, 0) is 48.0 Å². The molecule has 1 aliphatic rings. The van der Waals surface area contributed by atoms with Crippen molar-refractivity contribution in [3.05, 3.63) is 0 Å². The largest absolute Gasteiger partial charge is 0.309 e. The van der Waals surface area contributed by atoms with E-state index in [4.69, 9.17) is 0 Å². The molecule has 0 amide bonds. The Morgan fingerprint density at radius 2 is 2.07 bits per heavy atom. The average Bonchev–Trinajstić information content (AvgIpc) is 1.96. The van der Waals surface area contributed by atoms with Crippen LogP contribution in [-0.2, 0) is 0 Å². The van der Waals surface area contributed by atoms with Crippen molar-refractivity contribution in [3.8, 4) is 0 Å². The summed E-state index contributed by atoms with van der Waals surface area (Å²) in [5.41, 5.74) is 0.268. The fourth-order valence-electron chi connectivity index (χ4n) is 2.34. The molecule has 3 nitrogen and oxygen atoms in total. The van der Waals surface area contributed by atoms with Crippen LogP contribution in [0.4, 0.5) is 0 Å². The minimum atomic E-state index is 0.268. The smallest absolute Gasteiger partial charge is 0.0255 e. The highest BCUT2D eigenvalue weighted by molar-refractivity contribution is 4.91. The average molecular weight is 199 g/mol. The molecule has 3 heteroatoms. The maximum absolute atomic E-state index is 3.71. The van der Waals surface area contributed by atoms with Crippen molar-refractivity contribution in [2.24, 2.45) is 0 Å². The summed E-state index contributed by atoms with van der Waals surface area (Å²) >= 11 is 0. The highest BCUT2D eigenvalue weighted by Crippen LogP contribution is 2.14. The van der Waals surface area contributed by atoms with E-state index < -0.39 is 0 Å². The zero-order valence-electron chi connectivity index (χ0n) is 10.3. The molecule has 0 aliphatic carbocycles. The van der Waals surface area contributed by atoms with Gasteiger partial charge in [0, 0.05) is 24.7 Å². The molecule has 1 aliphatic heterocycles. The number of hydrogen-bond acceptors (Lipinski definition) is 3. The Morgan fingerprint density at radius 1 is 1.43 bits per heavy atom. The summed E-state index contributed by atoms with van der Waals surface area (Å²) in [7, 11) is 6.49. The summed E-state index contributed by atoms with van der Waals surface area (Å²) in [4.78, 5) is 4.68. The molecule has 1 fully saturated rings. The Bertz CT molecular complexity index is 177. The lowest BCUT2D eigenvalue weighted by atomic mass is 9.97. The fourth-order valence-corrected chi connectivity index (χ4v) is 2.34. The highest BCUT2D eigenvalue weighted by Gasteiger charge is 2.29. The van der Waals surface area contributed by atoms with E-state index in [1.54, 1.807) is 0 Å². The van der Waals surface area contributed by atoms with Crippen LogP contribution < -0.4 is 5.32 Å². The molecule has 1 heterocycles. The summed E-state index contributed by atoms with van der Waals surface area (Å²) in [6, 6.07) is 0.645. The van der Waals surface area contributed by atoms with E-state index in [0.717, 1.165) is 6.54 Å². The maximum Gasteiger partial charge on any atom is 0.0255 e. The number of nitrogens with zero attached hydrogens (tertiary/aromatic N) is 2. The van der Waals surface area contributed by atoms with Gasteiger partial charge in [-0.15, -0.1) is 0 Å². The molecule has 1 atom stereocenters. The molecule has 1 saturated heterocycles. The van der Waals surface area contributed by atoms with E-state index in [2.05, 4.69) is 50.1 Å². The lowest BCUT2D eigenvalue weighted by molar-refractivity contribution is 0.133. The van der Waals surface area contributed by atoms with Crippen LogP contribution in [0.5, 0.6) is 0 Å². The van der Waals surface area contributed by atoms with Crippen LogP contribution in [0, 0.1) is 0 Å². The lowest BCUT2D eigenvalue weighted by Gasteiger charge is -2.42. The molecule has 0 bridgehead atoms. The minimum Gasteiger partial charge on any atom is -0.309 e. The molecule has 0 aromatic rings. The van der Waals surface area contributed by atoms with Crippen molar-refractivity contribution >= 4 is 0 Å². The Balaban J connectivity index is 2.38. The van der Waals surface area contributed by atoms with E-state index in [-0.39, 0.29) is 5.54 Å². The van der Waals surface area contributed by atoms with E-state index in [0.29, 0.717) is 6.04 Å². The molecule has 84 valence electrons. The number of piperazine rings is 1. The maximum atomic E-state index is 3.71. The first-order chi connectivity index (χ1) is 6.39. The van der Waals surface area contributed by atoms with Gasteiger partial charge in [-0.25, -0.2) is 0 Å². The van der Waals surface area contributed by atoms with Gasteiger partial charge in [0.1, 0.15) is 0 Å². The summed E-state index contributed by atoms with van der Waals surface area (Å²) in [6.45, 7) is 8.06. The number of likely N-dealkylation sites (N-methyl/N-ethyl adjacent to an activating group) is 1. The third-order valence-corrected chi connectivity index (χ3v) is 2.72. The van der Waals surface area contributed by atoms with Gasteiger partial charge < -0.3 is 15.1 Å². The van der Waals surface area contributed by atoms with Gasteiger partial charge in [-0.2, -0.15) is 0 Å². The molecule has 14 heavy (non-hydrogen) atoms. The molecule has 0 saturated carbocycles. The second-order valence-corrected chi connectivity index (χ2v) is 5.51. The molecule has 1 rings (SSSR count). The molecule has 1 unspecified atom stereocenters. The van der Waals surface area contributed by atoms with E-state index >= 15 is 0 Å². The predicted molar refractivity (Wildman–Crippen MR) is 61.7 cm³/mol. The number of nitrogens with one attached hydrogen (secondary N) is 1. The van der Waals surface area contributed by atoms with Gasteiger partial charge in [0.15, 0.2) is 0 Å². The topological polar surface area (TPSA) is 18.5 Å². The van der Waals surface area contributed by atoms with Crippen molar-refractivity contribution in [3.63, 3.8) is 0 Å². The molecular formula is C11H25N3. The molecule has 0 aromatic carbocycles. The molecule has 0 spiro atoms. The van der Waals surface area contributed by atoms with Crippen molar-refractivity contribution in [2.75, 3.05) is 40.8 Å². The summed E-state index contributed by atoms with van der Waals surface area (Å²) in [6.07, 6.45) is 1.24. The fraction of sp³-hybridized carbons (Fsp3) is 1.00. The van der Waals surface area contributed by atoms with Crippen molar-refractivity contribution in [2.45, 2.75) is 31.8 Å². The Labute approximate surface area is 88.5 Å². The third-order valence-electron chi connectivity index (χ3n) is 2.72. The molecular weight excluding hydrogens is 174 g/mol. The van der Waals surface area contributed by atoms with Gasteiger partial charge in [0.2, 0.25) is 0 Å². The monoisotopic (exact) mass is 199 g/mol. The normalized spacial score (nSPS) is 28.3. The lowest BCUT2D eigenvalue weighted by Crippen LogP contribution is -2.61. The second kappa shape index (κ2) is 4.60. The first-order valence-corrected chi connectivity index (χ1v) is 5.50. The van der Waals surface area contributed by atoms with E-state index in [1.165, 1.54) is 19.5 Å². The summed E-state index contributed by atoms with van der Waals surface area (Å²) in [5, 5.41) is 3.71. The van der Waals surface area contributed by atoms with Crippen LogP contribution in [0.3, 0.4) is 0 Å². The minimum absolute atomic E-state index is 0.268. The first-order valence-electron chi connectivity index (χ1n) is 5.50. The van der Waals surface area contributed by atoms with Crippen molar-refractivity contribution in [1.82, 2.24) is 15.1 Å². The standard InChI is InChI=1S/C11H25N3/c1-11(2)9-14(5)8-10(12-11)6-7-13(3)4/h10,12H,6-9H2,1-5H3. The first kappa shape index (κ1) is 12.0. The van der Waals surface area contributed by atoms with Crippen LogP contribution in [0.2, 0.25) is 0 Å². The Hall–Kier alpha value is -0.120. The van der Waals surface area contributed by atoms with Crippen LogP contribution in [0.1, 0.15) is 20.3 Å². The Kier molecular flexibility index (Phi) is 3.93. The van der Waals surface area contributed by atoms with Crippen LogP contribution in [0.25, 0.3) is 0 Å². The third kappa shape index (κ3) is 3.95. The second-order valence-electron chi connectivity index (χ2n) is 5.51. The summed E-state index contributed by atoms with van der Waals surface area (Å²) in [5.74, 6) is 0. The van der Waals surface area contributed by atoms with Crippen LogP contribution >= 0.6 is 0 Å². The highest BCUT2D eigenvalue weighted by atomic mass is 15.2.